The van der Waals surface area contributed by atoms with Gasteiger partial charge in [0.1, 0.15) is 15.9 Å². The highest BCUT2D eigenvalue weighted by Gasteiger charge is 2.22. The number of benzene rings is 2. The van der Waals surface area contributed by atoms with Crippen LogP contribution in [-0.4, -0.2) is 17.2 Å². The van der Waals surface area contributed by atoms with E-state index in [1.165, 1.54) is 0 Å². The summed E-state index contributed by atoms with van der Waals surface area (Å²) in [6.07, 6.45) is 0. The van der Waals surface area contributed by atoms with Crippen LogP contribution in [0.4, 0.5) is 5.69 Å². The molecular weight excluding hydrogens is 374 g/mol. The third kappa shape index (κ3) is 2.78. The number of rotatable bonds is 3. The Morgan fingerprint density at radius 2 is 1.81 bits per heavy atom. The molecule has 1 N–H and O–H groups in total. The summed E-state index contributed by atoms with van der Waals surface area (Å²) in [5.74, 6) is 0. The molecule has 0 aliphatic carbocycles. The van der Waals surface area contributed by atoms with Crippen molar-refractivity contribution in [3.8, 4) is 0 Å². The van der Waals surface area contributed by atoms with Crippen LogP contribution in [-0.2, 0) is 10.0 Å². The number of hydrogen-bond donors (Lipinski definition) is 1. The molecule has 0 bridgehead atoms. The largest absolute Gasteiger partial charge is 0.280 e. The Bertz CT molecular complexity index is 905. The van der Waals surface area contributed by atoms with Gasteiger partial charge in [0, 0.05) is 10.2 Å². The van der Waals surface area contributed by atoms with Crippen molar-refractivity contribution < 1.29 is 8.42 Å². The van der Waals surface area contributed by atoms with Gasteiger partial charge in [-0.1, -0.05) is 22.0 Å². The predicted molar refractivity (Wildman–Crippen MR) is 87.1 cm³/mol. The van der Waals surface area contributed by atoms with Crippen LogP contribution in [0.1, 0.15) is 5.56 Å². The summed E-state index contributed by atoms with van der Waals surface area (Å²) in [5, 5.41) is 0. The summed E-state index contributed by atoms with van der Waals surface area (Å²) in [6, 6.07) is 10.4. The smallest absolute Gasteiger partial charge is 0.264 e. The van der Waals surface area contributed by atoms with E-state index in [-0.39, 0.29) is 4.90 Å². The van der Waals surface area contributed by atoms with Crippen LogP contribution in [0.15, 0.2) is 45.8 Å². The molecule has 0 unspecified atom stereocenters. The lowest BCUT2D eigenvalue weighted by molar-refractivity contribution is 0.601. The molecule has 0 aliphatic rings. The molecular formula is C13H10BrN3O2S2. The summed E-state index contributed by atoms with van der Waals surface area (Å²) < 4.78 is 36.9. The molecule has 0 spiro atoms. The molecule has 0 aliphatic heterocycles. The maximum absolute atomic E-state index is 12.6. The number of nitrogens with one attached hydrogen (secondary N) is 1. The first-order valence-corrected chi connectivity index (χ1v) is 8.98. The summed E-state index contributed by atoms with van der Waals surface area (Å²) in [5.41, 5.74) is 2.13. The van der Waals surface area contributed by atoms with E-state index in [1.54, 1.807) is 43.3 Å². The molecule has 3 rings (SSSR count). The van der Waals surface area contributed by atoms with Crippen molar-refractivity contribution >= 4 is 54.4 Å². The zero-order valence-corrected chi connectivity index (χ0v) is 14.1. The van der Waals surface area contributed by atoms with Crippen LogP contribution in [0.5, 0.6) is 0 Å². The maximum Gasteiger partial charge on any atom is 0.264 e. The summed E-state index contributed by atoms with van der Waals surface area (Å²) in [7, 11) is -3.71. The molecule has 2 aromatic carbocycles. The Morgan fingerprint density at radius 1 is 1.10 bits per heavy atom. The minimum absolute atomic E-state index is 0.177. The lowest BCUT2D eigenvalue weighted by atomic mass is 10.2. The van der Waals surface area contributed by atoms with Crippen molar-refractivity contribution in [1.29, 1.82) is 0 Å². The van der Waals surface area contributed by atoms with Crippen LogP contribution in [0, 0.1) is 6.92 Å². The van der Waals surface area contributed by atoms with Gasteiger partial charge in [0.2, 0.25) is 0 Å². The molecule has 1 heterocycles. The quantitative estimate of drug-likeness (QED) is 0.750. The predicted octanol–water partition coefficient (Wildman–Crippen LogP) is 3.56. The summed E-state index contributed by atoms with van der Waals surface area (Å²) in [4.78, 5) is 0.177. The Hall–Kier alpha value is -1.51. The van der Waals surface area contributed by atoms with E-state index in [0.29, 0.717) is 22.3 Å². The number of halogens is 1. The fourth-order valence-corrected chi connectivity index (χ4v) is 4.30. The second kappa shape index (κ2) is 5.36. The zero-order valence-electron chi connectivity index (χ0n) is 10.9. The zero-order chi connectivity index (χ0) is 15.0. The summed E-state index contributed by atoms with van der Waals surface area (Å²) >= 11 is 4.32. The van der Waals surface area contributed by atoms with Crippen LogP contribution in [0.2, 0.25) is 0 Å². The molecule has 1 aromatic heterocycles. The van der Waals surface area contributed by atoms with Crippen LogP contribution in [0.3, 0.4) is 0 Å². The monoisotopic (exact) mass is 383 g/mol. The average molecular weight is 384 g/mol. The van der Waals surface area contributed by atoms with E-state index >= 15 is 0 Å². The van der Waals surface area contributed by atoms with Gasteiger partial charge in [0.15, 0.2) is 0 Å². The molecule has 0 fully saturated rings. The van der Waals surface area contributed by atoms with E-state index in [4.69, 9.17) is 0 Å². The standard InChI is InChI=1S/C13H10BrN3O2S2/c1-8-2-7-11-12(16-20-15-11)13(8)21(18,19)17-10-5-3-9(14)4-6-10/h2-7,17H,1H3. The van der Waals surface area contributed by atoms with Gasteiger partial charge in [-0.05, 0) is 42.8 Å². The van der Waals surface area contributed by atoms with Gasteiger partial charge in [-0.15, -0.1) is 0 Å². The first-order valence-electron chi connectivity index (χ1n) is 5.97. The number of sulfonamides is 1. The fourth-order valence-electron chi connectivity index (χ4n) is 1.99. The number of nitrogens with zero attached hydrogens (tertiary/aromatic N) is 2. The van der Waals surface area contributed by atoms with Gasteiger partial charge in [0.05, 0.1) is 11.7 Å². The molecule has 0 amide bonds. The second-order valence-corrected chi connectivity index (χ2v) is 7.52. The first-order chi connectivity index (χ1) is 9.97. The lowest BCUT2D eigenvalue weighted by Crippen LogP contribution is -2.14. The van der Waals surface area contributed by atoms with Crippen LogP contribution < -0.4 is 4.72 Å². The highest BCUT2D eigenvalue weighted by Crippen LogP contribution is 2.27. The van der Waals surface area contributed by atoms with Gasteiger partial charge in [-0.2, -0.15) is 8.75 Å². The van der Waals surface area contributed by atoms with E-state index in [9.17, 15) is 8.42 Å². The Kier molecular flexibility index (Phi) is 3.68. The van der Waals surface area contributed by atoms with Gasteiger partial charge in [0.25, 0.3) is 10.0 Å². The third-order valence-corrected chi connectivity index (χ3v) is 5.57. The second-order valence-electron chi connectivity index (χ2n) is 4.46. The van der Waals surface area contributed by atoms with Crippen molar-refractivity contribution in [2.45, 2.75) is 11.8 Å². The number of fused-ring (bicyclic) bond motifs is 1. The highest BCUT2D eigenvalue weighted by molar-refractivity contribution is 9.10. The highest BCUT2D eigenvalue weighted by atomic mass is 79.9. The molecule has 8 heteroatoms. The number of aryl methyl sites for hydroxylation is 1. The van der Waals surface area contributed by atoms with Crippen LogP contribution in [0.25, 0.3) is 11.0 Å². The minimum Gasteiger partial charge on any atom is -0.280 e. The number of hydrogen-bond acceptors (Lipinski definition) is 5. The molecule has 3 aromatic rings. The van der Waals surface area contributed by atoms with Crippen molar-refractivity contribution in [3.05, 3.63) is 46.4 Å². The average Bonchev–Trinajstić information content (AvgIpc) is 2.88. The Morgan fingerprint density at radius 3 is 2.52 bits per heavy atom. The summed E-state index contributed by atoms with van der Waals surface area (Å²) in [6.45, 7) is 1.74. The van der Waals surface area contributed by atoms with E-state index in [1.807, 2.05) is 0 Å². The number of aromatic nitrogens is 2. The normalized spacial score (nSPS) is 11.7. The molecule has 0 saturated heterocycles. The van der Waals surface area contributed by atoms with Crippen molar-refractivity contribution in [3.63, 3.8) is 0 Å². The van der Waals surface area contributed by atoms with Crippen LogP contribution >= 0.6 is 27.7 Å². The topological polar surface area (TPSA) is 72.0 Å². The maximum atomic E-state index is 12.6. The Balaban J connectivity index is 2.10. The van der Waals surface area contributed by atoms with E-state index in [2.05, 4.69) is 29.4 Å². The molecule has 0 radical (unpaired) electrons. The third-order valence-electron chi connectivity index (χ3n) is 2.94. The molecule has 0 saturated carbocycles. The van der Waals surface area contributed by atoms with E-state index in [0.717, 1.165) is 16.2 Å². The molecule has 0 atom stereocenters. The Labute approximate surface area is 134 Å². The van der Waals surface area contributed by atoms with E-state index < -0.39 is 10.0 Å². The van der Waals surface area contributed by atoms with Crippen molar-refractivity contribution in [2.75, 3.05) is 4.72 Å². The molecule has 21 heavy (non-hydrogen) atoms. The van der Waals surface area contributed by atoms with Crippen molar-refractivity contribution in [1.82, 2.24) is 8.75 Å². The number of anilines is 1. The SMILES string of the molecule is Cc1ccc2nsnc2c1S(=O)(=O)Nc1ccc(Br)cc1. The molecule has 108 valence electrons. The fraction of sp³-hybridized carbons (Fsp3) is 0.0769. The van der Waals surface area contributed by atoms with Gasteiger partial charge < -0.3 is 0 Å². The first kappa shape index (κ1) is 14.4. The van der Waals surface area contributed by atoms with Gasteiger partial charge in [-0.25, -0.2) is 8.42 Å². The lowest BCUT2D eigenvalue weighted by Gasteiger charge is -2.10. The van der Waals surface area contributed by atoms with Gasteiger partial charge >= 0.3 is 0 Å². The minimum atomic E-state index is -3.71. The molecule has 5 nitrogen and oxygen atoms in total. The van der Waals surface area contributed by atoms with Crippen molar-refractivity contribution in [2.24, 2.45) is 0 Å². The van der Waals surface area contributed by atoms with Gasteiger partial charge in [-0.3, -0.25) is 4.72 Å².